The van der Waals surface area contributed by atoms with E-state index in [0.29, 0.717) is 21.1 Å². The fraction of sp³-hybridized carbons (Fsp3) is 0.231. The van der Waals surface area contributed by atoms with Crippen molar-refractivity contribution in [2.45, 2.75) is 19.3 Å². The molecule has 0 unspecified atom stereocenters. The zero-order chi connectivity index (χ0) is 12.0. The summed E-state index contributed by atoms with van der Waals surface area (Å²) in [6, 6.07) is 5.82. The molecular formula is C13H8Cl2N2. The molecule has 1 aromatic carbocycles. The third-order valence-corrected chi connectivity index (χ3v) is 3.98. The second kappa shape index (κ2) is 3.87. The Balaban J connectivity index is 2.50. The topological polar surface area (TPSA) is 36.7 Å². The van der Waals surface area contributed by atoms with Gasteiger partial charge in [0, 0.05) is 11.1 Å². The molecule has 4 heteroatoms. The van der Waals surface area contributed by atoms with Crippen molar-refractivity contribution in [3.05, 3.63) is 39.0 Å². The molecule has 0 fully saturated rings. The van der Waals surface area contributed by atoms with E-state index in [4.69, 9.17) is 23.2 Å². The Bertz CT molecular complexity index is 671. The fourth-order valence-electron chi connectivity index (χ4n) is 2.40. The molecule has 0 saturated carbocycles. The van der Waals surface area contributed by atoms with Crippen molar-refractivity contribution in [2.24, 2.45) is 0 Å². The van der Waals surface area contributed by atoms with Crippen molar-refractivity contribution >= 4 is 34.1 Å². The predicted octanol–water partition coefficient (Wildman–Crippen LogP) is 3.90. The van der Waals surface area contributed by atoms with Crippen molar-refractivity contribution in [1.29, 1.82) is 5.26 Å². The van der Waals surface area contributed by atoms with Crippen molar-refractivity contribution in [2.75, 3.05) is 0 Å². The van der Waals surface area contributed by atoms with Crippen LogP contribution in [0.15, 0.2) is 12.1 Å². The summed E-state index contributed by atoms with van der Waals surface area (Å²) in [6.07, 6.45) is 2.91. The van der Waals surface area contributed by atoms with E-state index in [2.05, 4.69) is 11.1 Å². The minimum absolute atomic E-state index is 0.440. The molecule has 3 rings (SSSR count). The van der Waals surface area contributed by atoms with Crippen LogP contribution in [0.1, 0.15) is 23.2 Å². The Morgan fingerprint density at radius 2 is 2.06 bits per heavy atom. The standard InChI is InChI=1S/C13H8Cl2N2/c14-10-5-4-8-9(6-16)7-2-1-3-11(7)17-13(8)12(10)15/h4-5H,1-3H2. The van der Waals surface area contributed by atoms with Crippen molar-refractivity contribution in [1.82, 2.24) is 4.98 Å². The van der Waals surface area contributed by atoms with Gasteiger partial charge in [-0.25, -0.2) is 0 Å². The molecule has 17 heavy (non-hydrogen) atoms. The molecular weight excluding hydrogens is 255 g/mol. The first-order chi connectivity index (χ1) is 8.22. The van der Waals surface area contributed by atoms with Crippen molar-refractivity contribution in [3.8, 4) is 6.07 Å². The van der Waals surface area contributed by atoms with Crippen LogP contribution < -0.4 is 0 Å². The molecule has 2 aromatic rings. The highest BCUT2D eigenvalue weighted by Crippen LogP contribution is 2.35. The van der Waals surface area contributed by atoms with E-state index in [1.807, 2.05) is 6.07 Å². The highest BCUT2D eigenvalue weighted by Gasteiger charge is 2.20. The van der Waals surface area contributed by atoms with Gasteiger partial charge in [0.25, 0.3) is 0 Å². The van der Waals surface area contributed by atoms with Crippen LogP contribution in [0.2, 0.25) is 10.0 Å². The minimum atomic E-state index is 0.440. The van der Waals surface area contributed by atoms with E-state index in [0.717, 1.165) is 35.9 Å². The number of hydrogen-bond donors (Lipinski definition) is 0. The van der Waals surface area contributed by atoms with Gasteiger partial charge in [0.05, 0.1) is 21.1 Å². The Morgan fingerprint density at radius 1 is 1.24 bits per heavy atom. The first-order valence-electron chi connectivity index (χ1n) is 5.42. The van der Waals surface area contributed by atoms with E-state index in [9.17, 15) is 5.26 Å². The monoisotopic (exact) mass is 262 g/mol. The largest absolute Gasteiger partial charge is 0.251 e. The molecule has 2 nitrogen and oxygen atoms in total. The van der Waals surface area contributed by atoms with Crippen LogP contribution in [0.25, 0.3) is 10.9 Å². The minimum Gasteiger partial charge on any atom is -0.251 e. The lowest BCUT2D eigenvalue weighted by Crippen LogP contribution is -1.96. The summed E-state index contributed by atoms with van der Waals surface area (Å²) in [5, 5.41) is 11.0. The van der Waals surface area contributed by atoms with Gasteiger partial charge >= 0.3 is 0 Å². The van der Waals surface area contributed by atoms with Crippen LogP contribution in [-0.4, -0.2) is 4.98 Å². The summed E-state index contributed by atoms with van der Waals surface area (Å²) in [5.41, 5.74) is 3.44. The SMILES string of the molecule is N#Cc1c2c(nc3c(Cl)c(Cl)ccc13)CCC2. The highest BCUT2D eigenvalue weighted by molar-refractivity contribution is 6.45. The Hall–Kier alpha value is -1.30. The average Bonchev–Trinajstić information content (AvgIpc) is 2.79. The first kappa shape index (κ1) is 10.8. The predicted molar refractivity (Wildman–Crippen MR) is 68.5 cm³/mol. The smallest absolute Gasteiger partial charge is 0.100 e. The maximum absolute atomic E-state index is 9.31. The number of aromatic nitrogens is 1. The van der Waals surface area contributed by atoms with Gasteiger partial charge in [-0.15, -0.1) is 0 Å². The van der Waals surface area contributed by atoms with Gasteiger partial charge in [-0.3, -0.25) is 4.98 Å². The van der Waals surface area contributed by atoms with Crippen LogP contribution in [0, 0.1) is 11.3 Å². The van der Waals surface area contributed by atoms with Crippen LogP contribution in [-0.2, 0) is 12.8 Å². The molecule has 84 valence electrons. The molecule has 0 aliphatic heterocycles. The summed E-state index contributed by atoms with van der Waals surface area (Å²) in [6.45, 7) is 0. The summed E-state index contributed by atoms with van der Waals surface area (Å²) in [5.74, 6) is 0. The van der Waals surface area contributed by atoms with Gasteiger partial charge in [0.15, 0.2) is 0 Å². The van der Waals surface area contributed by atoms with E-state index >= 15 is 0 Å². The van der Waals surface area contributed by atoms with E-state index < -0.39 is 0 Å². The lowest BCUT2D eigenvalue weighted by atomic mass is 10.0. The fourth-order valence-corrected chi connectivity index (χ4v) is 2.76. The molecule has 0 radical (unpaired) electrons. The van der Waals surface area contributed by atoms with Gasteiger partial charge in [0.2, 0.25) is 0 Å². The number of nitriles is 1. The van der Waals surface area contributed by atoms with Gasteiger partial charge in [-0.1, -0.05) is 23.2 Å². The van der Waals surface area contributed by atoms with Crippen LogP contribution >= 0.6 is 23.2 Å². The third-order valence-electron chi connectivity index (χ3n) is 3.19. The van der Waals surface area contributed by atoms with E-state index in [1.54, 1.807) is 6.07 Å². The molecule has 0 spiro atoms. The summed E-state index contributed by atoms with van der Waals surface area (Å²) in [7, 11) is 0. The quantitative estimate of drug-likeness (QED) is 0.722. The number of pyridine rings is 1. The molecule has 0 N–H and O–H groups in total. The average molecular weight is 263 g/mol. The lowest BCUT2D eigenvalue weighted by Gasteiger charge is -2.08. The second-order valence-corrected chi connectivity index (χ2v) is 4.92. The van der Waals surface area contributed by atoms with Gasteiger partial charge in [-0.05, 0) is 37.0 Å². The normalized spacial score (nSPS) is 13.7. The number of rotatable bonds is 0. The van der Waals surface area contributed by atoms with Gasteiger partial charge in [0.1, 0.15) is 6.07 Å². The third kappa shape index (κ3) is 1.50. The first-order valence-corrected chi connectivity index (χ1v) is 6.17. The van der Waals surface area contributed by atoms with Crippen LogP contribution in [0.3, 0.4) is 0 Å². The molecule has 0 saturated heterocycles. The van der Waals surface area contributed by atoms with Crippen molar-refractivity contribution < 1.29 is 0 Å². The lowest BCUT2D eigenvalue weighted by molar-refractivity contribution is 0.901. The molecule has 0 bridgehead atoms. The maximum atomic E-state index is 9.31. The Morgan fingerprint density at radius 3 is 2.82 bits per heavy atom. The van der Waals surface area contributed by atoms with Crippen LogP contribution in [0.5, 0.6) is 0 Å². The zero-order valence-electron chi connectivity index (χ0n) is 8.93. The maximum Gasteiger partial charge on any atom is 0.100 e. The van der Waals surface area contributed by atoms with E-state index in [-0.39, 0.29) is 0 Å². The summed E-state index contributed by atoms with van der Waals surface area (Å²) >= 11 is 12.1. The molecule has 0 atom stereocenters. The number of nitrogens with zero attached hydrogens (tertiary/aromatic N) is 2. The molecule has 1 aliphatic carbocycles. The molecule has 0 amide bonds. The second-order valence-electron chi connectivity index (χ2n) is 4.13. The highest BCUT2D eigenvalue weighted by atomic mass is 35.5. The van der Waals surface area contributed by atoms with Gasteiger partial charge < -0.3 is 0 Å². The number of benzene rings is 1. The summed E-state index contributed by atoms with van der Waals surface area (Å²) < 4.78 is 0. The molecule has 1 aromatic heterocycles. The number of hydrogen-bond acceptors (Lipinski definition) is 2. The zero-order valence-corrected chi connectivity index (χ0v) is 10.4. The molecule has 1 aliphatic rings. The van der Waals surface area contributed by atoms with Gasteiger partial charge in [-0.2, -0.15) is 5.26 Å². The number of aryl methyl sites for hydroxylation is 1. The summed E-state index contributed by atoms with van der Waals surface area (Å²) in [4.78, 5) is 4.56. The number of halogens is 2. The Kier molecular flexibility index (Phi) is 2.47. The Labute approximate surface area is 109 Å². The van der Waals surface area contributed by atoms with Crippen LogP contribution in [0.4, 0.5) is 0 Å². The number of fused-ring (bicyclic) bond motifs is 2. The molecule has 1 heterocycles. The van der Waals surface area contributed by atoms with Crippen molar-refractivity contribution in [3.63, 3.8) is 0 Å². The van der Waals surface area contributed by atoms with E-state index in [1.165, 1.54) is 0 Å².